The molecule has 0 heterocycles. The molecule has 0 bridgehead atoms. The van der Waals surface area contributed by atoms with Crippen LogP contribution < -0.4 is 0 Å². The molecule has 0 saturated heterocycles. The Morgan fingerprint density at radius 3 is 2.60 bits per heavy atom. The van der Waals surface area contributed by atoms with Gasteiger partial charge in [0.05, 0.1) is 0 Å². The summed E-state index contributed by atoms with van der Waals surface area (Å²) in [6, 6.07) is 2.99. The van der Waals surface area contributed by atoms with Crippen molar-refractivity contribution in [1.82, 2.24) is 0 Å². The maximum absolute atomic E-state index is 10.3. The fourth-order valence-electron chi connectivity index (χ4n) is 1.62. The van der Waals surface area contributed by atoms with Crippen LogP contribution in [0.3, 0.4) is 0 Å². The molecule has 1 aliphatic rings. The van der Waals surface area contributed by atoms with Crippen molar-refractivity contribution in [3.63, 3.8) is 0 Å². The van der Waals surface area contributed by atoms with E-state index in [0.717, 1.165) is 0 Å². The molecule has 0 unspecified atom stereocenters. The Labute approximate surface area is 94.4 Å². The number of halogens is 1. The number of isocyanates is 1. The number of hydrogen-bond donors (Lipinski definition) is 2. The van der Waals surface area contributed by atoms with Crippen LogP contribution >= 0.6 is 15.9 Å². The number of carbonyl (C=O) groups excluding carboxylic acids is 1. The average Bonchev–Trinajstić information content (AvgIpc) is 2.94. The minimum atomic E-state index is -0.691. The SMILES string of the molecule is O=C=NC1(c2c(Br)ccc(O)c2O)CC1. The molecule has 0 aliphatic heterocycles. The van der Waals surface area contributed by atoms with E-state index in [4.69, 9.17) is 0 Å². The Bertz CT molecular complexity index is 462. The Morgan fingerprint density at radius 2 is 2.07 bits per heavy atom. The van der Waals surface area contributed by atoms with E-state index in [1.807, 2.05) is 0 Å². The van der Waals surface area contributed by atoms with Gasteiger partial charge < -0.3 is 10.2 Å². The fraction of sp³-hybridized carbons (Fsp3) is 0.300. The Morgan fingerprint density at radius 1 is 1.40 bits per heavy atom. The van der Waals surface area contributed by atoms with Gasteiger partial charge in [0.15, 0.2) is 11.5 Å². The summed E-state index contributed by atoms with van der Waals surface area (Å²) in [7, 11) is 0. The van der Waals surface area contributed by atoms with Gasteiger partial charge in [0.1, 0.15) is 5.54 Å². The lowest BCUT2D eigenvalue weighted by atomic mass is 10.0. The lowest BCUT2D eigenvalue weighted by Crippen LogP contribution is -2.03. The first kappa shape index (κ1) is 10.2. The molecule has 2 N–H and O–H groups in total. The van der Waals surface area contributed by atoms with Gasteiger partial charge >= 0.3 is 0 Å². The summed E-state index contributed by atoms with van der Waals surface area (Å²) in [5.74, 6) is -0.429. The largest absolute Gasteiger partial charge is 0.504 e. The van der Waals surface area contributed by atoms with Crippen LogP contribution in [0.1, 0.15) is 18.4 Å². The summed E-state index contributed by atoms with van der Waals surface area (Å²) >= 11 is 3.27. The van der Waals surface area contributed by atoms with Gasteiger partial charge in [0, 0.05) is 10.0 Å². The second kappa shape index (κ2) is 3.36. The fourth-order valence-corrected chi connectivity index (χ4v) is 2.31. The third-order valence-corrected chi connectivity index (χ3v) is 3.22. The normalized spacial score (nSPS) is 16.9. The van der Waals surface area contributed by atoms with Crippen LogP contribution in [0.5, 0.6) is 11.5 Å². The lowest BCUT2D eigenvalue weighted by Gasteiger charge is -2.13. The summed E-state index contributed by atoms with van der Waals surface area (Å²) < 4.78 is 0.634. The zero-order valence-corrected chi connectivity index (χ0v) is 9.28. The highest BCUT2D eigenvalue weighted by Crippen LogP contribution is 2.56. The number of aliphatic imine (C=N–C) groups is 1. The number of rotatable bonds is 2. The number of phenols is 2. The molecule has 0 atom stereocenters. The molecule has 1 aromatic carbocycles. The topological polar surface area (TPSA) is 69.9 Å². The van der Waals surface area contributed by atoms with Crippen LogP contribution in [0, 0.1) is 0 Å². The molecule has 0 spiro atoms. The van der Waals surface area contributed by atoms with E-state index in [1.54, 1.807) is 6.07 Å². The van der Waals surface area contributed by atoms with Crippen LogP contribution in [-0.2, 0) is 10.3 Å². The lowest BCUT2D eigenvalue weighted by molar-refractivity contribution is 0.394. The predicted octanol–water partition coefficient (Wildman–Crippen LogP) is 2.19. The van der Waals surface area contributed by atoms with Gasteiger partial charge in [-0.25, -0.2) is 4.79 Å². The summed E-state index contributed by atoms with van der Waals surface area (Å²) in [4.78, 5) is 14.0. The van der Waals surface area contributed by atoms with Gasteiger partial charge in [-0.3, -0.25) is 0 Å². The molecule has 1 aliphatic carbocycles. The summed E-state index contributed by atoms with van der Waals surface area (Å²) in [5.41, 5.74) is -0.227. The number of hydrogen-bond acceptors (Lipinski definition) is 4. The highest BCUT2D eigenvalue weighted by Gasteiger charge is 2.48. The summed E-state index contributed by atoms with van der Waals surface area (Å²) in [6.45, 7) is 0. The van der Waals surface area contributed by atoms with Gasteiger partial charge in [-0.05, 0) is 25.0 Å². The summed E-state index contributed by atoms with van der Waals surface area (Å²) in [6.07, 6.45) is 2.86. The first-order chi connectivity index (χ1) is 7.10. The van der Waals surface area contributed by atoms with Crippen LogP contribution in [-0.4, -0.2) is 16.3 Å². The van der Waals surface area contributed by atoms with Crippen molar-refractivity contribution in [2.45, 2.75) is 18.4 Å². The molecule has 0 amide bonds. The molecule has 78 valence electrons. The minimum Gasteiger partial charge on any atom is -0.504 e. The molecule has 1 fully saturated rings. The Kier molecular flexibility index (Phi) is 2.29. The second-order valence-corrected chi connectivity index (χ2v) is 4.38. The third-order valence-electron chi connectivity index (χ3n) is 2.55. The molecule has 1 aromatic rings. The second-order valence-electron chi connectivity index (χ2n) is 3.52. The standard InChI is InChI=1S/C10H8BrNO3/c11-6-1-2-7(14)9(15)8(6)10(3-4-10)12-5-13/h1-2,14-15H,3-4H2. The molecule has 5 heteroatoms. The van der Waals surface area contributed by atoms with Gasteiger partial charge in [0.2, 0.25) is 6.08 Å². The van der Waals surface area contributed by atoms with Gasteiger partial charge in [-0.15, -0.1) is 0 Å². The van der Waals surface area contributed by atoms with Crippen molar-refractivity contribution in [1.29, 1.82) is 0 Å². The molecular weight excluding hydrogens is 262 g/mol. The zero-order chi connectivity index (χ0) is 11.1. The van der Waals surface area contributed by atoms with Crippen molar-refractivity contribution < 1.29 is 15.0 Å². The van der Waals surface area contributed by atoms with Crippen molar-refractivity contribution in [2.75, 3.05) is 0 Å². The average molecular weight is 270 g/mol. The van der Waals surface area contributed by atoms with E-state index in [0.29, 0.717) is 22.9 Å². The molecule has 2 rings (SSSR count). The van der Waals surface area contributed by atoms with Crippen LogP contribution in [0.4, 0.5) is 0 Å². The molecule has 1 saturated carbocycles. The molecule has 0 radical (unpaired) electrons. The quantitative estimate of drug-likeness (QED) is 0.491. The van der Waals surface area contributed by atoms with Crippen molar-refractivity contribution in [2.24, 2.45) is 4.99 Å². The maximum atomic E-state index is 10.3. The molecule has 4 nitrogen and oxygen atoms in total. The predicted molar refractivity (Wildman–Crippen MR) is 56.5 cm³/mol. The van der Waals surface area contributed by atoms with Crippen molar-refractivity contribution in [3.8, 4) is 11.5 Å². The number of phenolic OH excluding ortho intramolecular Hbond substituents is 2. The van der Waals surface area contributed by atoms with Gasteiger partial charge in [-0.2, -0.15) is 4.99 Å². The summed E-state index contributed by atoms with van der Waals surface area (Å²) in [5, 5.41) is 19.1. The van der Waals surface area contributed by atoms with E-state index in [-0.39, 0.29) is 11.5 Å². The van der Waals surface area contributed by atoms with Crippen LogP contribution in [0.2, 0.25) is 0 Å². The van der Waals surface area contributed by atoms with Crippen LogP contribution in [0.15, 0.2) is 21.6 Å². The third kappa shape index (κ3) is 1.54. The smallest absolute Gasteiger partial charge is 0.235 e. The number of aromatic hydroxyl groups is 2. The van der Waals surface area contributed by atoms with Crippen LogP contribution in [0.25, 0.3) is 0 Å². The highest BCUT2D eigenvalue weighted by molar-refractivity contribution is 9.10. The first-order valence-corrected chi connectivity index (χ1v) is 5.20. The Balaban J connectivity index is 2.62. The van der Waals surface area contributed by atoms with E-state index in [9.17, 15) is 15.0 Å². The van der Waals surface area contributed by atoms with Crippen molar-refractivity contribution in [3.05, 3.63) is 22.2 Å². The van der Waals surface area contributed by atoms with E-state index < -0.39 is 5.54 Å². The monoisotopic (exact) mass is 269 g/mol. The zero-order valence-electron chi connectivity index (χ0n) is 7.70. The van der Waals surface area contributed by atoms with E-state index in [2.05, 4.69) is 20.9 Å². The van der Waals surface area contributed by atoms with Gasteiger partial charge in [0.25, 0.3) is 0 Å². The first-order valence-electron chi connectivity index (χ1n) is 4.41. The molecule has 0 aromatic heterocycles. The highest BCUT2D eigenvalue weighted by atomic mass is 79.9. The number of nitrogens with zero attached hydrogens (tertiary/aromatic N) is 1. The van der Waals surface area contributed by atoms with Crippen molar-refractivity contribution >= 4 is 22.0 Å². The van der Waals surface area contributed by atoms with Gasteiger partial charge in [-0.1, -0.05) is 15.9 Å². The Hall–Kier alpha value is -1.32. The minimum absolute atomic E-state index is 0.208. The maximum Gasteiger partial charge on any atom is 0.235 e. The molecule has 15 heavy (non-hydrogen) atoms. The van der Waals surface area contributed by atoms with E-state index in [1.165, 1.54) is 12.1 Å². The van der Waals surface area contributed by atoms with E-state index >= 15 is 0 Å². The molecular formula is C10H8BrNO3. The number of benzene rings is 1.